The van der Waals surface area contributed by atoms with Crippen molar-refractivity contribution in [3.63, 3.8) is 0 Å². The van der Waals surface area contributed by atoms with E-state index in [1.807, 2.05) is 54.6 Å². The Bertz CT molecular complexity index is 1200. The van der Waals surface area contributed by atoms with Gasteiger partial charge in [0, 0.05) is 4.47 Å². The second-order valence-electron chi connectivity index (χ2n) is 5.99. The number of hydrogen-bond donors (Lipinski definition) is 0. The molecule has 0 bridgehead atoms. The van der Waals surface area contributed by atoms with Crippen LogP contribution in [0, 0.1) is 0 Å². The first kappa shape index (κ1) is 16.5. The first-order chi connectivity index (χ1) is 12.6. The molecule has 26 heavy (non-hydrogen) atoms. The van der Waals surface area contributed by atoms with Crippen LogP contribution < -0.4 is 11.2 Å². The van der Waals surface area contributed by atoms with Crippen molar-refractivity contribution >= 4 is 26.8 Å². The summed E-state index contributed by atoms with van der Waals surface area (Å²) in [6.45, 7) is 0.394. The lowest BCUT2D eigenvalue weighted by Crippen LogP contribution is -2.39. The van der Waals surface area contributed by atoms with Gasteiger partial charge >= 0.3 is 5.69 Å². The van der Waals surface area contributed by atoms with E-state index in [1.165, 1.54) is 4.57 Å². The zero-order valence-corrected chi connectivity index (χ0v) is 15.4. The van der Waals surface area contributed by atoms with Crippen LogP contribution in [0.25, 0.3) is 16.6 Å². The molecule has 4 rings (SSSR count). The second kappa shape index (κ2) is 6.77. The van der Waals surface area contributed by atoms with Gasteiger partial charge in [-0.15, -0.1) is 0 Å². The number of aromatic nitrogens is 2. The standard InChI is InChI=1S/C21H15BrN2O2/c22-16-11-12-19-18(13-16)20(25)24(17-9-5-2-6-10-17)21(26)23(19)14-15-7-3-1-4-8-15/h1-13H,14H2. The van der Waals surface area contributed by atoms with E-state index in [9.17, 15) is 9.59 Å². The number of para-hydroxylation sites is 1. The quantitative estimate of drug-likeness (QED) is 0.516. The third-order valence-electron chi connectivity index (χ3n) is 4.30. The molecule has 4 nitrogen and oxygen atoms in total. The number of fused-ring (bicyclic) bond motifs is 1. The maximum absolute atomic E-state index is 13.2. The number of rotatable bonds is 3. The Hall–Kier alpha value is -2.92. The van der Waals surface area contributed by atoms with Gasteiger partial charge in [0.15, 0.2) is 0 Å². The van der Waals surface area contributed by atoms with Gasteiger partial charge in [-0.3, -0.25) is 9.36 Å². The highest BCUT2D eigenvalue weighted by Crippen LogP contribution is 2.17. The molecule has 0 saturated heterocycles. The van der Waals surface area contributed by atoms with Gasteiger partial charge in [0.25, 0.3) is 5.56 Å². The number of hydrogen-bond acceptors (Lipinski definition) is 2. The van der Waals surface area contributed by atoms with Gasteiger partial charge in [0.05, 0.1) is 23.1 Å². The van der Waals surface area contributed by atoms with Gasteiger partial charge in [-0.25, -0.2) is 9.36 Å². The van der Waals surface area contributed by atoms with E-state index in [0.29, 0.717) is 23.1 Å². The second-order valence-corrected chi connectivity index (χ2v) is 6.91. The minimum Gasteiger partial charge on any atom is -0.288 e. The summed E-state index contributed by atoms with van der Waals surface area (Å²) in [6.07, 6.45) is 0. The SMILES string of the molecule is O=c1c2cc(Br)ccc2n(Cc2ccccc2)c(=O)n1-c1ccccc1. The van der Waals surface area contributed by atoms with Crippen LogP contribution in [-0.4, -0.2) is 9.13 Å². The molecule has 0 amide bonds. The molecular formula is C21H15BrN2O2. The average molecular weight is 407 g/mol. The topological polar surface area (TPSA) is 44.0 Å². The molecule has 1 aromatic heterocycles. The molecule has 0 aliphatic carbocycles. The number of halogens is 1. The summed E-state index contributed by atoms with van der Waals surface area (Å²) < 4.78 is 3.68. The lowest BCUT2D eigenvalue weighted by molar-refractivity contribution is 0.714. The van der Waals surface area contributed by atoms with Crippen LogP contribution in [0.15, 0.2) is 92.9 Å². The van der Waals surface area contributed by atoms with Crippen molar-refractivity contribution in [1.82, 2.24) is 9.13 Å². The largest absolute Gasteiger partial charge is 0.336 e. The van der Waals surface area contributed by atoms with Gasteiger partial charge in [-0.1, -0.05) is 64.5 Å². The van der Waals surface area contributed by atoms with Gasteiger partial charge in [0.1, 0.15) is 0 Å². The zero-order valence-electron chi connectivity index (χ0n) is 13.8. The fraction of sp³-hybridized carbons (Fsp3) is 0.0476. The Morgan fingerprint density at radius 2 is 1.46 bits per heavy atom. The highest BCUT2D eigenvalue weighted by Gasteiger charge is 2.15. The van der Waals surface area contributed by atoms with E-state index >= 15 is 0 Å². The third-order valence-corrected chi connectivity index (χ3v) is 4.80. The lowest BCUT2D eigenvalue weighted by atomic mass is 10.2. The molecule has 3 aromatic carbocycles. The van der Waals surface area contributed by atoms with Crippen LogP contribution in [0.4, 0.5) is 0 Å². The molecule has 0 spiro atoms. The fourth-order valence-electron chi connectivity index (χ4n) is 3.07. The lowest BCUT2D eigenvalue weighted by Gasteiger charge is -2.14. The zero-order chi connectivity index (χ0) is 18.1. The van der Waals surface area contributed by atoms with Crippen LogP contribution >= 0.6 is 15.9 Å². The molecule has 0 saturated carbocycles. The predicted molar refractivity (Wildman–Crippen MR) is 107 cm³/mol. The monoisotopic (exact) mass is 406 g/mol. The Morgan fingerprint density at radius 3 is 2.15 bits per heavy atom. The van der Waals surface area contributed by atoms with E-state index in [0.717, 1.165) is 10.0 Å². The molecule has 0 aliphatic rings. The van der Waals surface area contributed by atoms with E-state index in [2.05, 4.69) is 15.9 Å². The molecule has 5 heteroatoms. The molecule has 0 fully saturated rings. The highest BCUT2D eigenvalue weighted by atomic mass is 79.9. The minimum absolute atomic E-state index is 0.318. The summed E-state index contributed by atoms with van der Waals surface area (Å²) in [7, 11) is 0. The van der Waals surface area contributed by atoms with Crippen molar-refractivity contribution in [3.8, 4) is 5.69 Å². The van der Waals surface area contributed by atoms with Crippen molar-refractivity contribution in [2.75, 3.05) is 0 Å². The molecule has 0 atom stereocenters. The normalized spacial score (nSPS) is 11.0. The van der Waals surface area contributed by atoms with Crippen molar-refractivity contribution in [2.45, 2.75) is 6.54 Å². The van der Waals surface area contributed by atoms with Crippen LogP contribution in [0.1, 0.15) is 5.56 Å². The Balaban J connectivity index is 2.07. The summed E-state index contributed by atoms with van der Waals surface area (Å²) in [4.78, 5) is 26.2. The molecule has 0 N–H and O–H groups in total. The maximum atomic E-state index is 13.2. The van der Waals surface area contributed by atoms with Crippen molar-refractivity contribution in [2.24, 2.45) is 0 Å². The van der Waals surface area contributed by atoms with Crippen LogP contribution in [0.2, 0.25) is 0 Å². The first-order valence-corrected chi connectivity index (χ1v) is 8.99. The van der Waals surface area contributed by atoms with E-state index < -0.39 is 0 Å². The summed E-state index contributed by atoms with van der Waals surface area (Å²) in [5.74, 6) is 0. The summed E-state index contributed by atoms with van der Waals surface area (Å²) in [5, 5.41) is 0.499. The predicted octanol–water partition coefficient (Wildman–Crippen LogP) is 3.96. The van der Waals surface area contributed by atoms with E-state index in [-0.39, 0.29) is 11.2 Å². The number of benzene rings is 3. The first-order valence-electron chi connectivity index (χ1n) is 8.19. The Kier molecular flexibility index (Phi) is 4.31. The smallest absolute Gasteiger partial charge is 0.288 e. The molecular weight excluding hydrogens is 392 g/mol. The Labute approximate surface area is 158 Å². The van der Waals surface area contributed by atoms with Gasteiger partial charge < -0.3 is 0 Å². The molecule has 0 unspecified atom stereocenters. The molecule has 4 aromatic rings. The molecule has 128 valence electrons. The third kappa shape index (κ3) is 2.91. The summed E-state index contributed by atoms with van der Waals surface area (Å²) >= 11 is 3.42. The van der Waals surface area contributed by atoms with Gasteiger partial charge in [-0.2, -0.15) is 0 Å². The van der Waals surface area contributed by atoms with E-state index in [4.69, 9.17) is 0 Å². The van der Waals surface area contributed by atoms with Gasteiger partial charge in [-0.05, 0) is 35.9 Å². The highest BCUT2D eigenvalue weighted by molar-refractivity contribution is 9.10. The average Bonchev–Trinajstić information content (AvgIpc) is 2.67. The molecule has 0 aliphatic heterocycles. The van der Waals surface area contributed by atoms with Crippen molar-refractivity contribution < 1.29 is 0 Å². The Morgan fingerprint density at radius 1 is 0.808 bits per heavy atom. The molecule has 1 heterocycles. The van der Waals surface area contributed by atoms with Crippen LogP contribution in [0.3, 0.4) is 0 Å². The van der Waals surface area contributed by atoms with Crippen LogP contribution in [-0.2, 0) is 6.54 Å². The van der Waals surface area contributed by atoms with Crippen molar-refractivity contribution in [1.29, 1.82) is 0 Å². The number of nitrogens with zero attached hydrogens (tertiary/aromatic N) is 2. The van der Waals surface area contributed by atoms with Crippen LogP contribution in [0.5, 0.6) is 0 Å². The van der Waals surface area contributed by atoms with E-state index in [1.54, 1.807) is 28.8 Å². The maximum Gasteiger partial charge on any atom is 0.336 e. The summed E-state index contributed by atoms with van der Waals surface area (Å²) in [6, 6.07) is 24.2. The molecule has 0 radical (unpaired) electrons. The fourth-order valence-corrected chi connectivity index (χ4v) is 3.43. The minimum atomic E-state index is -0.347. The van der Waals surface area contributed by atoms with Crippen molar-refractivity contribution in [3.05, 3.63) is 110 Å². The van der Waals surface area contributed by atoms with Gasteiger partial charge in [0.2, 0.25) is 0 Å². The summed E-state index contributed by atoms with van der Waals surface area (Å²) in [5.41, 5.74) is 1.52.